The van der Waals surface area contributed by atoms with Crippen molar-refractivity contribution in [2.75, 3.05) is 0 Å². The van der Waals surface area contributed by atoms with Gasteiger partial charge >= 0.3 is 0 Å². The number of hydrogen-bond acceptors (Lipinski definition) is 3. The minimum absolute atomic E-state index is 1.24. The minimum Gasteiger partial charge on any atom is -0.152 e. The van der Waals surface area contributed by atoms with Crippen LogP contribution >= 0.6 is 34.0 Å². The van der Waals surface area contributed by atoms with Gasteiger partial charge in [-0.3, -0.25) is 0 Å². The number of aryl methyl sites for hydroxylation is 7. The first-order chi connectivity index (χ1) is 58.9. The maximum atomic E-state index is 2.33. The van der Waals surface area contributed by atoms with Gasteiger partial charge < -0.3 is 0 Å². The zero-order valence-electron chi connectivity index (χ0n) is 68.9. The lowest BCUT2D eigenvalue weighted by atomic mass is 9.89. The monoisotopic (exact) mass is 1590 g/mol. The molecule has 0 bridgehead atoms. The van der Waals surface area contributed by atoms with Gasteiger partial charge in [0.15, 0.2) is 0 Å². The molecule has 0 aliphatic rings. The van der Waals surface area contributed by atoms with Crippen molar-refractivity contribution in [1.29, 1.82) is 0 Å². The molecule has 0 saturated carbocycles. The third kappa shape index (κ3) is 19.1. The molecule has 22 aromatic rings. The van der Waals surface area contributed by atoms with E-state index in [0.29, 0.717) is 0 Å². The van der Waals surface area contributed by atoms with E-state index in [1.54, 1.807) is 34.0 Å². The molecular weight excluding hydrogens is 1500 g/mol. The van der Waals surface area contributed by atoms with E-state index in [9.17, 15) is 0 Å². The van der Waals surface area contributed by atoms with Crippen molar-refractivity contribution in [2.45, 2.75) is 48.5 Å². The maximum absolute atomic E-state index is 2.33. The van der Waals surface area contributed by atoms with Gasteiger partial charge in [0.1, 0.15) is 0 Å². The van der Waals surface area contributed by atoms with Crippen LogP contribution in [0.15, 0.2) is 440 Å². The van der Waals surface area contributed by atoms with Crippen LogP contribution in [0.2, 0.25) is 0 Å². The fourth-order valence-corrected chi connectivity index (χ4v) is 17.9. The van der Waals surface area contributed by atoms with Gasteiger partial charge in [0.05, 0.1) is 0 Å². The molecule has 0 N–H and O–H groups in total. The molecule has 0 spiro atoms. The molecule has 3 heteroatoms. The topological polar surface area (TPSA) is 0 Å². The Kier molecular flexibility index (Phi) is 25.5. The van der Waals surface area contributed by atoms with Crippen molar-refractivity contribution in [3.05, 3.63) is 478 Å². The Hall–Kier alpha value is -13.6. The zero-order chi connectivity index (χ0) is 82.1. The second kappa shape index (κ2) is 38.2. The van der Waals surface area contributed by atoms with Crippen LogP contribution in [0.1, 0.15) is 37.6 Å². The molecule has 0 radical (unpaired) electrons. The van der Waals surface area contributed by atoms with Crippen molar-refractivity contribution in [3.8, 4) is 77.9 Å². The van der Waals surface area contributed by atoms with E-state index < -0.39 is 0 Å². The van der Waals surface area contributed by atoms with Crippen LogP contribution in [0.3, 0.4) is 0 Å². The Morgan fingerprint density at radius 1 is 0.158 bits per heavy atom. The smallest absolute Gasteiger partial charge is 0.00205 e. The molecule has 0 nitrogen and oxygen atoms in total. The highest BCUT2D eigenvalue weighted by Crippen LogP contribution is 2.42. The van der Waals surface area contributed by atoms with Crippen molar-refractivity contribution in [2.24, 2.45) is 0 Å². The van der Waals surface area contributed by atoms with Gasteiger partial charge in [-0.15, -0.1) is 22.7 Å². The summed E-state index contributed by atoms with van der Waals surface area (Å²) in [5, 5.41) is 29.4. The van der Waals surface area contributed by atoms with E-state index in [1.807, 2.05) is 6.07 Å². The molecule has 0 aliphatic heterocycles. The number of fused-ring (bicyclic) bond motifs is 8. The van der Waals surface area contributed by atoms with Crippen molar-refractivity contribution in [3.63, 3.8) is 0 Å². The Morgan fingerprint density at radius 2 is 0.525 bits per heavy atom. The van der Waals surface area contributed by atoms with Gasteiger partial charge in [0.2, 0.25) is 0 Å². The number of benzene rings is 19. The molecule has 3 heterocycles. The van der Waals surface area contributed by atoms with E-state index in [2.05, 4.69) is 482 Å². The first-order valence-electron chi connectivity index (χ1n) is 41.1. The lowest BCUT2D eigenvalue weighted by Crippen LogP contribution is -1.88. The molecule has 19 aromatic carbocycles. The van der Waals surface area contributed by atoms with Crippen LogP contribution < -0.4 is 0 Å². The maximum Gasteiger partial charge on any atom is 0.00205 e. The first kappa shape index (κ1) is 80.2. The Balaban J connectivity index is 0.000000110. The minimum atomic E-state index is 1.24. The van der Waals surface area contributed by atoms with Gasteiger partial charge in [0.25, 0.3) is 0 Å². The fraction of sp³-hybridized carbons (Fsp3) is 0.0598. The highest BCUT2D eigenvalue weighted by Gasteiger charge is 2.16. The molecule has 0 unspecified atom stereocenters. The van der Waals surface area contributed by atoms with Crippen molar-refractivity contribution in [1.82, 2.24) is 0 Å². The molecule has 0 saturated heterocycles. The molecule has 120 heavy (non-hydrogen) atoms. The number of thiophene rings is 3. The third-order valence-corrected chi connectivity index (χ3v) is 24.5. The summed E-state index contributed by atoms with van der Waals surface area (Å²) >= 11 is 5.32. The molecular formula is C117H94S3. The summed E-state index contributed by atoms with van der Waals surface area (Å²) in [5.74, 6) is 0. The number of rotatable bonds is 7. The van der Waals surface area contributed by atoms with Gasteiger partial charge in [0, 0.05) is 9.75 Å². The second-order valence-corrected chi connectivity index (χ2v) is 33.8. The van der Waals surface area contributed by atoms with Gasteiger partial charge in [-0.2, -0.15) is 11.3 Å². The fourth-order valence-electron chi connectivity index (χ4n) is 16.0. The van der Waals surface area contributed by atoms with Crippen molar-refractivity contribution >= 4 is 120 Å². The summed E-state index contributed by atoms with van der Waals surface area (Å²) in [6.45, 7) is 15.0. The number of hydrogen-bond donors (Lipinski definition) is 0. The summed E-state index contributed by atoms with van der Waals surface area (Å²) in [6, 6.07) is 150. The lowest BCUT2D eigenvalue weighted by molar-refractivity contribution is 1.46. The second-order valence-electron chi connectivity index (χ2n) is 30.7. The molecule has 0 atom stereocenters. The van der Waals surface area contributed by atoms with E-state index in [-0.39, 0.29) is 0 Å². The molecule has 0 amide bonds. The average molecular weight is 1600 g/mol. The predicted molar refractivity (Wildman–Crippen MR) is 530 cm³/mol. The Bertz CT molecular complexity index is 6920. The predicted octanol–water partition coefficient (Wildman–Crippen LogP) is 35.0. The first-order valence-corrected chi connectivity index (χ1v) is 43.8. The third-order valence-electron chi connectivity index (χ3n) is 22.1. The normalized spacial score (nSPS) is 10.8. The molecule has 580 valence electrons. The van der Waals surface area contributed by atoms with Crippen LogP contribution in [0.25, 0.3) is 164 Å². The van der Waals surface area contributed by atoms with Crippen molar-refractivity contribution < 1.29 is 0 Å². The average Bonchev–Trinajstić information content (AvgIpc) is 0.835. The van der Waals surface area contributed by atoms with Crippen LogP contribution in [0.5, 0.6) is 0 Å². The summed E-state index contributed by atoms with van der Waals surface area (Å²) in [4.78, 5) is 2.75. The molecule has 0 fully saturated rings. The molecule has 0 aliphatic carbocycles. The van der Waals surface area contributed by atoms with Gasteiger partial charge in [-0.25, -0.2) is 0 Å². The Labute approximate surface area is 718 Å². The lowest BCUT2D eigenvalue weighted by Gasteiger charge is -2.15. The highest BCUT2D eigenvalue weighted by molar-refractivity contribution is 7.10. The van der Waals surface area contributed by atoms with E-state index in [4.69, 9.17) is 0 Å². The molecule has 3 aromatic heterocycles. The van der Waals surface area contributed by atoms with Gasteiger partial charge in [-0.05, 0) is 306 Å². The zero-order valence-corrected chi connectivity index (χ0v) is 71.3. The van der Waals surface area contributed by atoms with E-state index in [1.165, 1.54) is 202 Å². The van der Waals surface area contributed by atoms with Crippen LogP contribution in [-0.4, -0.2) is 0 Å². The van der Waals surface area contributed by atoms with Crippen LogP contribution in [-0.2, 0) is 0 Å². The standard InChI is InChI=1S/C33H24.3C21H16.C11H10S.2C5H6S/c1-23-7-6-12-26(17-23)31-20-32(29-15-13-24-8-2-4-10-27(24)18-29)22-33(21-31)30-16-14-25-9-3-5-11-28(25)19-30;1-15-7-6-10-18(13-15)21-19-11-4-2-8-16(19)14-17-9-3-5-12-20(17)21;1-15-10-12-16(13-11-15)21-19-8-4-2-6-17(19)14-18-7-3-5-9-20(18)21;1-15-17-11-5-7-13-19(17)21(16-9-3-2-4-10-16)20-14-8-6-12-18(15)20;1-9-7-11(8-12-9)10-5-3-2-4-6-10;1-5-2-3-6-4-5;1-5-3-2-4-6-5/h2-22H,1H3;3*2-14H,1H3;2-8H,1H3;2*2-4H,1H3. The molecule has 22 rings (SSSR count). The van der Waals surface area contributed by atoms with Crippen LogP contribution in [0, 0.1) is 48.5 Å². The van der Waals surface area contributed by atoms with Gasteiger partial charge in [-0.1, -0.05) is 375 Å². The van der Waals surface area contributed by atoms with E-state index in [0.717, 1.165) is 0 Å². The summed E-state index contributed by atoms with van der Waals surface area (Å²) in [5.41, 5.74) is 24.6. The summed E-state index contributed by atoms with van der Waals surface area (Å²) in [7, 11) is 0. The SMILES string of the molecule is Cc1c2ccccc2c(-c2ccccc2)c2ccccc12.Cc1cc(-c2ccccc2)cs1.Cc1ccc(-c2c3ccccc3cc3ccccc23)cc1.Cc1cccc(-c2c3ccccc3cc3ccccc23)c1.Cc1cccc(-c2cc(-c3ccc4ccccc4c3)cc(-c3ccc4ccccc4c3)c2)c1.Cc1cccs1.Cc1ccsc1. The summed E-state index contributed by atoms with van der Waals surface area (Å²) < 4.78 is 0. The summed E-state index contributed by atoms with van der Waals surface area (Å²) in [6.07, 6.45) is 0. The highest BCUT2D eigenvalue weighted by atomic mass is 32.1. The van der Waals surface area contributed by atoms with E-state index >= 15 is 0 Å². The van der Waals surface area contributed by atoms with Crippen LogP contribution in [0.4, 0.5) is 0 Å². The quantitative estimate of drug-likeness (QED) is 0.140. The largest absolute Gasteiger partial charge is 0.152 e. The Morgan fingerprint density at radius 3 is 0.925 bits per heavy atom.